The molecule has 0 N–H and O–H groups in total. The van der Waals surface area contributed by atoms with E-state index in [0.717, 1.165) is 25.3 Å². The summed E-state index contributed by atoms with van der Waals surface area (Å²) in [5, 5.41) is 0. The van der Waals surface area contributed by atoms with Gasteiger partial charge in [-0.2, -0.15) is 0 Å². The Bertz CT molecular complexity index is 192. The number of hydrogen-bond donors (Lipinski definition) is 0. The maximum absolute atomic E-state index is 13.0. The van der Waals surface area contributed by atoms with Gasteiger partial charge in [-0.3, -0.25) is 0 Å². The van der Waals surface area contributed by atoms with Gasteiger partial charge in [0.15, 0.2) is 0 Å². The van der Waals surface area contributed by atoms with Crippen molar-refractivity contribution in [2.45, 2.75) is 64.6 Å². The van der Waals surface area contributed by atoms with E-state index < -0.39 is 12.3 Å². The molecular weight excluding hydrogens is 207 g/mol. The van der Waals surface area contributed by atoms with E-state index >= 15 is 0 Å². The zero-order valence-corrected chi connectivity index (χ0v) is 10.2. The monoisotopic (exact) mass is 230 g/mol. The number of carbonyl (C=O) groups is 1. The third-order valence-electron chi connectivity index (χ3n) is 2.45. The minimum absolute atomic E-state index is 0.299. The van der Waals surface area contributed by atoms with E-state index in [1.807, 2.05) is 0 Å². The number of unbranched alkanes of at least 4 members (excludes halogenated alkanes) is 6. The van der Waals surface area contributed by atoms with E-state index in [1.165, 1.54) is 25.7 Å². The Morgan fingerprint density at radius 2 is 1.81 bits per heavy atom. The predicted octanol–water partition coefficient (Wildman–Crippen LogP) is 4.15. The van der Waals surface area contributed by atoms with Crippen LogP contribution in [0.15, 0.2) is 12.7 Å². The molecule has 0 saturated carbocycles. The van der Waals surface area contributed by atoms with Crippen LogP contribution in [0.25, 0.3) is 0 Å². The molecule has 2 nitrogen and oxygen atoms in total. The molecule has 0 radical (unpaired) electrons. The maximum Gasteiger partial charge on any atom is 0.332 e. The van der Waals surface area contributed by atoms with Gasteiger partial charge >= 0.3 is 5.97 Å². The van der Waals surface area contributed by atoms with Crippen LogP contribution in [0.3, 0.4) is 0 Å². The fraction of sp³-hybridized carbons (Fsp3) is 0.769. The number of ether oxygens (including phenoxy) is 1. The lowest BCUT2D eigenvalue weighted by Crippen LogP contribution is -2.11. The fourth-order valence-corrected chi connectivity index (χ4v) is 1.50. The van der Waals surface area contributed by atoms with Crippen molar-refractivity contribution >= 4 is 5.97 Å². The molecule has 0 aromatic rings. The van der Waals surface area contributed by atoms with Gasteiger partial charge < -0.3 is 4.74 Å². The van der Waals surface area contributed by atoms with E-state index in [-0.39, 0.29) is 0 Å². The Hall–Kier alpha value is -0.860. The van der Waals surface area contributed by atoms with Gasteiger partial charge in [0, 0.05) is 12.5 Å². The first-order valence-electron chi connectivity index (χ1n) is 6.17. The van der Waals surface area contributed by atoms with Crippen LogP contribution in [-0.2, 0) is 9.53 Å². The van der Waals surface area contributed by atoms with E-state index in [2.05, 4.69) is 18.2 Å². The molecule has 0 aliphatic rings. The van der Waals surface area contributed by atoms with Gasteiger partial charge in [-0.15, -0.1) is 0 Å². The van der Waals surface area contributed by atoms with E-state index in [9.17, 15) is 9.18 Å². The van der Waals surface area contributed by atoms with Crippen molar-refractivity contribution in [2.75, 3.05) is 0 Å². The molecule has 0 aromatic carbocycles. The highest BCUT2D eigenvalue weighted by Crippen LogP contribution is 2.11. The van der Waals surface area contributed by atoms with E-state index in [4.69, 9.17) is 0 Å². The van der Waals surface area contributed by atoms with Crippen LogP contribution in [0.4, 0.5) is 4.39 Å². The van der Waals surface area contributed by atoms with Crippen molar-refractivity contribution in [3.63, 3.8) is 0 Å². The van der Waals surface area contributed by atoms with Crippen molar-refractivity contribution < 1.29 is 13.9 Å². The first kappa shape index (κ1) is 15.1. The highest BCUT2D eigenvalue weighted by Gasteiger charge is 2.09. The summed E-state index contributed by atoms with van der Waals surface area (Å²) < 4.78 is 17.4. The largest absolute Gasteiger partial charge is 0.428 e. The summed E-state index contributed by atoms with van der Waals surface area (Å²) in [5.41, 5.74) is 0. The molecule has 16 heavy (non-hydrogen) atoms. The highest BCUT2D eigenvalue weighted by molar-refractivity contribution is 5.81. The van der Waals surface area contributed by atoms with Crippen LogP contribution in [0.5, 0.6) is 0 Å². The number of rotatable bonds is 10. The summed E-state index contributed by atoms with van der Waals surface area (Å²) in [6.45, 7) is 5.39. The number of carbonyl (C=O) groups excluding carboxylic acids is 1. The summed E-state index contributed by atoms with van der Waals surface area (Å²) in [5.74, 6) is -0.685. The second-order valence-corrected chi connectivity index (χ2v) is 3.96. The average Bonchev–Trinajstić information content (AvgIpc) is 2.27. The van der Waals surface area contributed by atoms with Gasteiger partial charge in [-0.1, -0.05) is 52.0 Å². The standard InChI is InChI=1S/C13H23FO2/c1-3-5-6-7-8-9-10-11-12(14)16-13(15)4-2/h4,12H,2-3,5-11H2,1H3. The van der Waals surface area contributed by atoms with Crippen LogP contribution >= 0.6 is 0 Å². The molecule has 1 atom stereocenters. The summed E-state index contributed by atoms with van der Waals surface area (Å²) in [6, 6.07) is 0. The average molecular weight is 230 g/mol. The van der Waals surface area contributed by atoms with Crippen LogP contribution in [0.1, 0.15) is 58.3 Å². The number of halogens is 1. The Kier molecular flexibility index (Phi) is 10.1. The lowest BCUT2D eigenvalue weighted by atomic mass is 10.1. The van der Waals surface area contributed by atoms with E-state index in [1.54, 1.807) is 0 Å². The number of hydrogen-bond acceptors (Lipinski definition) is 2. The lowest BCUT2D eigenvalue weighted by Gasteiger charge is -2.07. The Labute approximate surface area is 97.9 Å². The van der Waals surface area contributed by atoms with E-state index in [0.29, 0.717) is 6.42 Å². The fourth-order valence-electron chi connectivity index (χ4n) is 1.50. The lowest BCUT2D eigenvalue weighted by molar-refractivity contribution is -0.152. The first-order chi connectivity index (χ1) is 7.70. The number of esters is 1. The molecule has 0 rings (SSSR count). The molecule has 0 heterocycles. The SMILES string of the molecule is C=CC(=O)OC(F)CCCCCCCCC. The third-order valence-corrected chi connectivity index (χ3v) is 2.45. The van der Waals surface area contributed by atoms with Crippen LogP contribution in [0, 0.1) is 0 Å². The van der Waals surface area contributed by atoms with Gasteiger partial charge in [0.05, 0.1) is 0 Å². The Balaban J connectivity index is 3.24. The zero-order valence-electron chi connectivity index (χ0n) is 10.2. The second-order valence-electron chi connectivity index (χ2n) is 3.96. The van der Waals surface area contributed by atoms with Gasteiger partial charge in [-0.05, 0) is 6.42 Å². The molecular formula is C13H23FO2. The molecule has 0 aliphatic carbocycles. The van der Waals surface area contributed by atoms with Gasteiger partial charge in [-0.25, -0.2) is 9.18 Å². The molecule has 0 fully saturated rings. The van der Waals surface area contributed by atoms with Crippen molar-refractivity contribution in [1.82, 2.24) is 0 Å². The highest BCUT2D eigenvalue weighted by atomic mass is 19.1. The van der Waals surface area contributed by atoms with Crippen molar-refractivity contribution in [2.24, 2.45) is 0 Å². The smallest absolute Gasteiger partial charge is 0.332 e. The van der Waals surface area contributed by atoms with Gasteiger partial charge in [0.1, 0.15) is 0 Å². The molecule has 0 saturated heterocycles. The molecule has 0 amide bonds. The summed E-state index contributed by atoms with van der Waals surface area (Å²) in [7, 11) is 0. The maximum atomic E-state index is 13.0. The summed E-state index contributed by atoms with van der Waals surface area (Å²) >= 11 is 0. The topological polar surface area (TPSA) is 26.3 Å². The molecule has 0 bridgehead atoms. The minimum atomic E-state index is -1.47. The first-order valence-corrected chi connectivity index (χ1v) is 6.17. The predicted molar refractivity (Wildman–Crippen MR) is 63.8 cm³/mol. The second kappa shape index (κ2) is 10.7. The van der Waals surface area contributed by atoms with Crippen molar-refractivity contribution in [3.05, 3.63) is 12.7 Å². The molecule has 1 unspecified atom stereocenters. The van der Waals surface area contributed by atoms with Crippen molar-refractivity contribution in [3.8, 4) is 0 Å². The Morgan fingerprint density at radius 3 is 2.38 bits per heavy atom. The number of alkyl halides is 1. The molecule has 94 valence electrons. The molecule has 3 heteroatoms. The third kappa shape index (κ3) is 9.69. The van der Waals surface area contributed by atoms with Crippen LogP contribution < -0.4 is 0 Å². The summed E-state index contributed by atoms with van der Waals surface area (Å²) in [4.78, 5) is 10.6. The van der Waals surface area contributed by atoms with Crippen LogP contribution in [-0.4, -0.2) is 12.3 Å². The van der Waals surface area contributed by atoms with Crippen molar-refractivity contribution in [1.29, 1.82) is 0 Å². The van der Waals surface area contributed by atoms with Gasteiger partial charge in [0.25, 0.3) is 0 Å². The summed E-state index contributed by atoms with van der Waals surface area (Å²) in [6.07, 6.45) is 7.74. The minimum Gasteiger partial charge on any atom is -0.428 e. The Morgan fingerprint density at radius 1 is 1.25 bits per heavy atom. The van der Waals surface area contributed by atoms with Crippen LogP contribution in [0.2, 0.25) is 0 Å². The quantitative estimate of drug-likeness (QED) is 0.320. The molecule has 0 aromatic heterocycles. The molecule has 0 spiro atoms. The molecule has 0 aliphatic heterocycles. The zero-order chi connectivity index (χ0) is 12.2. The van der Waals surface area contributed by atoms with Gasteiger partial charge in [0.2, 0.25) is 6.36 Å². The normalized spacial score (nSPS) is 12.1.